The van der Waals surface area contributed by atoms with Crippen LogP contribution in [0.4, 0.5) is 0 Å². The van der Waals surface area contributed by atoms with Gasteiger partial charge in [-0.05, 0) is 58.2 Å². The van der Waals surface area contributed by atoms with Crippen LogP contribution in [0.1, 0.15) is 35.7 Å². The van der Waals surface area contributed by atoms with Crippen molar-refractivity contribution < 1.29 is 28.5 Å². The number of nitrogens with zero attached hydrogens (tertiary/aromatic N) is 1. The fourth-order valence-corrected chi connectivity index (χ4v) is 3.31. The van der Waals surface area contributed by atoms with E-state index in [4.69, 9.17) is 18.9 Å². The monoisotopic (exact) mass is 521 g/mol. The van der Waals surface area contributed by atoms with Crippen molar-refractivity contribution in [1.29, 1.82) is 0 Å². The van der Waals surface area contributed by atoms with Gasteiger partial charge < -0.3 is 24.3 Å². The van der Waals surface area contributed by atoms with Gasteiger partial charge >= 0.3 is 0 Å². The number of hydrogen-bond donors (Lipinski definition) is 2. The van der Waals surface area contributed by atoms with Crippen molar-refractivity contribution in [1.82, 2.24) is 10.7 Å². The Kier molecular flexibility index (Phi) is 10.5. The van der Waals surface area contributed by atoms with Gasteiger partial charge in [0.2, 0.25) is 0 Å². The molecule has 0 heterocycles. The molecule has 0 atom stereocenters. The number of hydrogen-bond acceptors (Lipinski definition) is 7. The smallest absolute Gasteiger partial charge is 0.259 e. The zero-order valence-corrected chi connectivity index (χ0v) is 20.7. The zero-order valence-electron chi connectivity index (χ0n) is 19.1. The second kappa shape index (κ2) is 13.3. The highest BCUT2D eigenvalue weighted by atomic mass is 79.9. The Morgan fingerprint density at radius 1 is 1.03 bits per heavy atom. The van der Waals surface area contributed by atoms with Crippen molar-refractivity contribution >= 4 is 34.0 Å². The standard InChI is InChI=1S/C23H28BrN3O6/c1-5-6-9-33-22-17(24)10-15(11-20(22)32-4)13-26-27-21(28)14-25-23(29)16-7-8-18(30-2)19(12-16)31-3/h7-8,10-13H,5-6,9,14H2,1-4H3,(H,25,29)(H,27,28)/b26-13+. The van der Waals surface area contributed by atoms with Crippen molar-refractivity contribution in [3.8, 4) is 23.0 Å². The predicted octanol–water partition coefficient (Wildman–Crippen LogP) is 3.53. The SMILES string of the molecule is CCCCOc1c(Br)cc(/C=N/NC(=O)CNC(=O)c2ccc(OC)c(OC)c2)cc1OC. The van der Waals surface area contributed by atoms with Crippen LogP contribution in [0.15, 0.2) is 39.9 Å². The molecule has 178 valence electrons. The van der Waals surface area contributed by atoms with Crippen LogP contribution in [0.25, 0.3) is 0 Å². The van der Waals surface area contributed by atoms with Crippen molar-refractivity contribution in [2.24, 2.45) is 5.10 Å². The van der Waals surface area contributed by atoms with E-state index >= 15 is 0 Å². The molecule has 0 radical (unpaired) electrons. The van der Waals surface area contributed by atoms with Crippen molar-refractivity contribution in [3.63, 3.8) is 0 Å². The number of methoxy groups -OCH3 is 3. The van der Waals surface area contributed by atoms with Gasteiger partial charge in [-0.1, -0.05) is 13.3 Å². The Morgan fingerprint density at radius 3 is 2.42 bits per heavy atom. The van der Waals surface area contributed by atoms with Crippen LogP contribution in [-0.2, 0) is 4.79 Å². The molecule has 2 rings (SSSR count). The van der Waals surface area contributed by atoms with E-state index in [-0.39, 0.29) is 6.54 Å². The highest BCUT2D eigenvalue weighted by Crippen LogP contribution is 2.36. The average molecular weight is 522 g/mol. The largest absolute Gasteiger partial charge is 0.493 e. The lowest BCUT2D eigenvalue weighted by atomic mass is 10.2. The first-order chi connectivity index (χ1) is 15.9. The third-order valence-corrected chi connectivity index (χ3v) is 5.04. The number of nitrogens with one attached hydrogen (secondary N) is 2. The molecular formula is C23H28BrN3O6. The second-order valence-corrected chi connectivity index (χ2v) is 7.64. The minimum absolute atomic E-state index is 0.248. The van der Waals surface area contributed by atoms with Crippen LogP contribution < -0.4 is 29.7 Å². The Balaban J connectivity index is 1.92. The third-order valence-electron chi connectivity index (χ3n) is 4.45. The first-order valence-corrected chi connectivity index (χ1v) is 11.0. The summed E-state index contributed by atoms with van der Waals surface area (Å²) in [6.07, 6.45) is 3.43. The molecule has 0 bridgehead atoms. The highest BCUT2D eigenvalue weighted by Gasteiger charge is 2.13. The number of rotatable bonds is 12. The molecule has 0 unspecified atom stereocenters. The van der Waals surface area contributed by atoms with Gasteiger partial charge in [-0.15, -0.1) is 0 Å². The lowest BCUT2D eigenvalue weighted by Gasteiger charge is -2.13. The van der Waals surface area contributed by atoms with Crippen LogP contribution in [-0.4, -0.2) is 52.5 Å². The quantitative estimate of drug-likeness (QED) is 0.251. The van der Waals surface area contributed by atoms with Crippen LogP contribution in [0.2, 0.25) is 0 Å². The lowest BCUT2D eigenvalue weighted by molar-refractivity contribution is -0.120. The maximum atomic E-state index is 12.3. The van der Waals surface area contributed by atoms with Crippen molar-refractivity contribution in [2.75, 3.05) is 34.5 Å². The molecule has 2 amide bonds. The number of hydrazone groups is 1. The number of carbonyl (C=O) groups is 2. The number of benzene rings is 2. The summed E-state index contributed by atoms with van der Waals surface area (Å²) in [6.45, 7) is 2.43. The first-order valence-electron chi connectivity index (χ1n) is 10.3. The Hall–Kier alpha value is -3.27. The summed E-state index contributed by atoms with van der Waals surface area (Å²) in [5.41, 5.74) is 3.40. The minimum Gasteiger partial charge on any atom is -0.493 e. The molecule has 9 nitrogen and oxygen atoms in total. The molecule has 0 aromatic heterocycles. The van der Waals surface area contributed by atoms with E-state index in [1.54, 1.807) is 31.4 Å². The number of amides is 2. The Bertz CT molecular complexity index is 996. The van der Waals surface area contributed by atoms with E-state index < -0.39 is 11.8 Å². The number of ether oxygens (including phenoxy) is 4. The van der Waals surface area contributed by atoms with Gasteiger partial charge in [-0.2, -0.15) is 5.10 Å². The van der Waals surface area contributed by atoms with Crippen LogP contribution in [0, 0.1) is 0 Å². The number of unbranched alkanes of at least 4 members (excludes halogenated alkanes) is 1. The van der Waals surface area contributed by atoms with E-state index in [2.05, 4.69) is 38.7 Å². The average Bonchev–Trinajstić information content (AvgIpc) is 2.83. The second-order valence-electron chi connectivity index (χ2n) is 6.78. The van der Waals surface area contributed by atoms with E-state index in [1.807, 2.05) is 0 Å². The minimum atomic E-state index is -0.481. The molecule has 0 saturated carbocycles. The van der Waals surface area contributed by atoms with Gasteiger partial charge in [0.1, 0.15) is 0 Å². The summed E-state index contributed by atoms with van der Waals surface area (Å²) in [6, 6.07) is 8.28. The molecule has 0 aliphatic heterocycles. The van der Waals surface area contributed by atoms with E-state index in [0.29, 0.717) is 45.2 Å². The fourth-order valence-electron chi connectivity index (χ4n) is 2.73. The predicted molar refractivity (Wildman–Crippen MR) is 129 cm³/mol. The van der Waals surface area contributed by atoms with E-state index in [9.17, 15) is 9.59 Å². The van der Waals surface area contributed by atoms with Gasteiger partial charge in [-0.25, -0.2) is 5.43 Å². The van der Waals surface area contributed by atoms with Crippen LogP contribution in [0.5, 0.6) is 23.0 Å². The van der Waals surface area contributed by atoms with Gasteiger partial charge in [0.15, 0.2) is 23.0 Å². The molecule has 2 N–H and O–H groups in total. The zero-order chi connectivity index (χ0) is 24.2. The summed E-state index contributed by atoms with van der Waals surface area (Å²) in [5, 5.41) is 6.46. The summed E-state index contributed by atoms with van der Waals surface area (Å²) >= 11 is 3.48. The summed E-state index contributed by atoms with van der Waals surface area (Å²) < 4.78 is 22.2. The lowest BCUT2D eigenvalue weighted by Crippen LogP contribution is -2.34. The first kappa shape index (κ1) is 26.0. The maximum Gasteiger partial charge on any atom is 0.259 e. The molecule has 0 saturated heterocycles. The highest BCUT2D eigenvalue weighted by molar-refractivity contribution is 9.10. The Labute approximate surface area is 201 Å². The van der Waals surface area contributed by atoms with Crippen molar-refractivity contribution in [3.05, 3.63) is 45.9 Å². The molecular weight excluding hydrogens is 494 g/mol. The molecule has 33 heavy (non-hydrogen) atoms. The topological polar surface area (TPSA) is 107 Å². The third kappa shape index (κ3) is 7.67. The van der Waals surface area contributed by atoms with Gasteiger partial charge in [-0.3, -0.25) is 9.59 Å². The molecule has 10 heteroatoms. The van der Waals surface area contributed by atoms with Crippen molar-refractivity contribution in [2.45, 2.75) is 19.8 Å². The molecule has 0 fully saturated rings. The van der Waals surface area contributed by atoms with Gasteiger partial charge in [0.05, 0.1) is 45.2 Å². The molecule has 2 aromatic rings. The molecule has 0 aliphatic carbocycles. The molecule has 0 spiro atoms. The molecule has 0 aliphatic rings. The van der Waals surface area contributed by atoms with Crippen LogP contribution in [0.3, 0.4) is 0 Å². The summed E-state index contributed by atoms with van der Waals surface area (Å²) in [5.74, 6) is 1.18. The van der Waals surface area contributed by atoms with Gasteiger partial charge in [0, 0.05) is 5.56 Å². The fraction of sp³-hybridized carbons (Fsp3) is 0.348. The number of halogens is 1. The summed E-state index contributed by atoms with van der Waals surface area (Å²) in [4.78, 5) is 24.3. The Morgan fingerprint density at radius 2 is 1.76 bits per heavy atom. The van der Waals surface area contributed by atoms with E-state index in [1.165, 1.54) is 26.5 Å². The summed E-state index contributed by atoms with van der Waals surface area (Å²) in [7, 11) is 4.54. The number of carbonyl (C=O) groups excluding carboxylic acids is 2. The van der Waals surface area contributed by atoms with Crippen LogP contribution >= 0.6 is 15.9 Å². The normalized spacial score (nSPS) is 10.6. The van der Waals surface area contributed by atoms with Gasteiger partial charge in [0.25, 0.3) is 11.8 Å². The van der Waals surface area contributed by atoms with E-state index in [0.717, 1.165) is 12.8 Å². The maximum absolute atomic E-state index is 12.3. The molecule has 2 aromatic carbocycles.